The van der Waals surface area contributed by atoms with Gasteiger partial charge in [-0.15, -0.1) is 0 Å². The Morgan fingerprint density at radius 2 is 1.74 bits per heavy atom. The Balaban J connectivity index is 1.26. The molecule has 1 aliphatic heterocycles. The molecule has 1 N–H and O–H groups in total. The van der Waals surface area contributed by atoms with Crippen LogP contribution in [-0.4, -0.2) is 61.8 Å². The number of aryl methyl sites for hydroxylation is 1. The van der Waals surface area contributed by atoms with Gasteiger partial charge in [0.05, 0.1) is 60.3 Å². The molecule has 0 saturated carbocycles. The summed E-state index contributed by atoms with van der Waals surface area (Å²) in [5.41, 5.74) is 3.56. The average molecular weight is 664 g/mol. The van der Waals surface area contributed by atoms with Crippen molar-refractivity contribution in [3.8, 4) is 17.5 Å². The molecule has 1 amide bonds. The van der Waals surface area contributed by atoms with Gasteiger partial charge in [0.25, 0.3) is 5.91 Å². The highest BCUT2D eigenvalue weighted by Crippen LogP contribution is 2.30. The minimum absolute atomic E-state index is 0.0175. The number of carbonyl (C=O) groups is 1. The molecule has 246 valence electrons. The van der Waals surface area contributed by atoms with Crippen LogP contribution >= 0.6 is 0 Å². The molecule has 1 saturated heterocycles. The Morgan fingerprint density at radius 1 is 1.06 bits per heavy atom. The molecule has 0 aliphatic carbocycles. The fourth-order valence-corrected chi connectivity index (χ4v) is 6.39. The molecule has 1 unspecified atom stereocenters. The number of nitrogens with zero attached hydrogens (tertiary/aromatic N) is 4. The Hall–Kier alpha value is -4.80. The van der Waals surface area contributed by atoms with E-state index in [4.69, 9.17) is 4.74 Å². The number of hydrogen-bond acceptors (Lipinski definition) is 8. The second-order valence-electron chi connectivity index (χ2n) is 11.2. The lowest BCUT2D eigenvalue weighted by Crippen LogP contribution is -2.34. The van der Waals surface area contributed by atoms with E-state index in [1.807, 2.05) is 42.3 Å². The fourth-order valence-electron chi connectivity index (χ4n) is 5.50. The molecule has 1 aliphatic rings. The summed E-state index contributed by atoms with van der Waals surface area (Å²) in [6.45, 7) is 0.825. The maximum absolute atomic E-state index is 13.2. The van der Waals surface area contributed by atoms with Crippen molar-refractivity contribution >= 4 is 21.4 Å². The third-order valence-corrected chi connectivity index (χ3v) is 9.74. The molecule has 10 nitrogen and oxygen atoms in total. The zero-order chi connectivity index (χ0) is 33.6. The zero-order valence-electron chi connectivity index (χ0n) is 25.9. The van der Waals surface area contributed by atoms with Crippen molar-refractivity contribution in [1.29, 1.82) is 5.26 Å². The van der Waals surface area contributed by atoms with Gasteiger partial charge < -0.3 is 19.7 Å². The van der Waals surface area contributed by atoms with Gasteiger partial charge in [-0.05, 0) is 78.7 Å². The minimum Gasteiger partial charge on any atom is -0.489 e. The predicted octanol–water partition coefficient (Wildman–Crippen LogP) is 5.62. The van der Waals surface area contributed by atoms with Crippen LogP contribution < -0.4 is 15.0 Å². The van der Waals surface area contributed by atoms with Crippen molar-refractivity contribution in [3.05, 3.63) is 102 Å². The van der Waals surface area contributed by atoms with Crippen LogP contribution in [0.1, 0.15) is 47.3 Å². The molecule has 4 aromatic rings. The van der Waals surface area contributed by atoms with Gasteiger partial charge in [0.2, 0.25) is 0 Å². The molecular formula is C34H35F2N5O5S. The van der Waals surface area contributed by atoms with Crippen molar-refractivity contribution in [2.45, 2.75) is 56.4 Å². The van der Waals surface area contributed by atoms with Gasteiger partial charge in [-0.25, -0.2) is 13.1 Å². The molecule has 0 radical (unpaired) electrons. The largest absolute Gasteiger partial charge is 0.489 e. The Labute approximate surface area is 272 Å². The van der Waals surface area contributed by atoms with E-state index in [9.17, 15) is 27.3 Å². The van der Waals surface area contributed by atoms with Gasteiger partial charge in [-0.1, -0.05) is 19.1 Å². The van der Waals surface area contributed by atoms with Gasteiger partial charge in [0.15, 0.2) is 9.84 Å². The van der Waals surface area contributed by atoms with E-state index >= 15 is 0 Å². The topological polar surface area (TPSA) is 127 Å². The maximum atomic E-state index is 13.2. The summed E-state index contributed by atoms with van der Waals surface area (Å²) in [5.74, 6) is 0.182. The van der Waals surface area contributed by atoms with Crippen molar-refractivity contribution in [3.63, 3.8) is 0 Å². The number of carbonyl (C=O) groups excluding carboxylic acids is 1. The van der Waals surface area contributed by atoms with Crippen LogP contribution in [0, 0.1) is 18.3 Å². The summed E-state index contributed by atoms with van der Waals surface area (Å²) in [7, 11) is -3.38. The smallest absolute Gasteiger partial charge is 0.345 e. The van der Waals surface area contributed by atoms with Crippen molar-refractivity contribution in [2.75, 3.05) is 23.8 Å². The Morgan fingerprint density at radius 3 is 2.34 bits per heavy atom. The van der Waals surface area contributed by atoms with E-state index in [0.29, 0.717) is 35.5 Å². The first-order valence-corrected chi connectivity index (χ1v) is 16.8. The van der Waals surface area contributed by atoms with Crippen molar-refractivity contribution in [2.24, 2.45) is 0 Å². The van der Waals surface area contributed by atoms with E-state index in [-0.39, 0.29) is 35.8 Å². The van der Waals surface area contributed by atoms with Gasteiger partial charge >= 0.3 is 6.61 Å². The predicted molar refractivity (Wildman–Crippen MR) is 171 cm³/mol. The van der Waals surface area contributed by atoms with Crippen LogP contribution in [-0.2, 0) is 14.6 Å². The number of amides is 1. The van der Waals surface area contributed by atoms with Crippen LogP contribution in [0.4, 0.5) is 14.5 Å². The normalized spacial score (nSPS) is 17.0. The van der Waals surface area contributed by atoms with Crippen LogP contribution in [0.15, 0.2) is 90.1 Å². The molecule has 3 atom stereocenters. The number of benzene rings is 3. The first kappa shape index (κ1) is 33.6. The monoisotopic (exact) mass is 663 g/mol. The van der Waals surface area contributed by atoms with Crippen LogP contribution in [0.3, 0.4) is 0 Å². The highest BCUT2D eigenvalue weighted by Gasteiger charge is 2.34. The van der Waals surface area contributed by atoms with Gasteiger partial charge in [0, 0.05) is 23.9 Å². The molecule has 1 fully saturated rings. The number of alkyl halides is 2. The van der Waals surface area contributed by atoms with E-state index < -0.39 is 28.4 Å². The molecule has 47 heavy (non-hydrogen) atoms. The number of rotatable bonds is 13. The van der Waals surface area contributed by atoms with E-state index in [2.05, 4.69) is 21.2 Å². The third kappa shape index (κ3) is 8.33. The Bertz CT molecular complexity index is 1810. The molecule has 2 heterocycles. The molecule has 0 bridgehead atoms. The van der Waals surface area contributed by atoms with Gasteiger partial charge in [-0.3, -0.25) is 4.79 Å². The molecule has 13 heteroatoms. The lowest BCUT2D eigenvalue weighted by Gasteiger charge is -2.26. The zero-order valence-corrected chi connectivity index (χ0v) is 26.7. The molecule has 3 aromatic carbocycles. The second kappa shape index (κ2) is 14.7. The summed E-state index contributed by atoms with van der Waals surface area (Å²) < 4.78 is 63.0. The van der Waals surface area contributed by atoms with Gasteiger partial charge in [-0.2, -0.15) is 19.1 Å². The Kier molecular flexibility index (Phi) is 10.5. The number of anilines is 1. The SMILES string of the molecule is CCS(=O)(=O)c1ccc([C@H](CC#N)NC(=O)c2ccc(N3C[C@@H](Oc4ccc(-n5cc(C)cn5)cc4)CC3COC(F)F)cc2)cc1. The minimum atomic E-state index is -3.38. The molecular weight excluding hydrogens is 628 g/mol. The first-order valence-electron chi connectivity index (χ1n) is 15.1. The first-order chi connectivity index (χ1) is 22.6. The van der Waals surface area contributed by atoms with Crippen LogP contribution in [0.2, 0.25) is 0 Å². The quantitative estimate of drug-likeness (QED) is 0.195. The van der Waals surface area contributed by atoms with Crippen LogP contribution in [0.5, 0.6) is 5.75 Å². The maximum Gasteiger partial charge on any atom is 0.345 e. The summed E-state index contributed by atoms with van der Waals surface area (Å²) >= 11 is 0. The number of sulfone groups is 1. The van der Waals surface area contributed by atoms with E-state index in [0.717, 1.165) is 11.3 Å². The highest BCUT2D eigenvalue weighted by atomic mass is 32.2. The second-order valence-corrected chi connectivity index (χ2v) is 13.5. The summed E-state index contributed by atoms with van der Waals surface area (Å²) in [5, 5.41) is 16.5. The van der Waals surface area contributed by atoms with E-state index in [1.54, 1.807) is 54.2 Å². The van der Waals surface area contributed by atoms with Crippen molar-refractivity contribution < 1.29 is 31.5 Å². The number of hydrogen-bond donors (Lipinski definition) is 1. The average Bonchev–Trinajstić information content (AvgIpc) is 3.69. The summed E-state index contributed by atoms with van der Waals surface area (Å²) in [6, 6.07) is 21.3. The number of ether oxygens (including phenoxy) is 2. The number of aromatic nitrogens is 2. The van der Waals surface area contributed by atoms with Gasteiger partial charge in [0.1, 0.15) is 11.9 Å². The number of nitriles is 1. The molecule has 0 spiro atoms. The molecule has 5 rings (SSSR count). The number of halogens is 2. The van der Waals surface area contributed by atoms with Crippen molar-refractivity contribution in [1.82, 2.24) is 15.1 Å². The van der Waals surface area contributed by atoms with E-state index in [1.165, 1.54) is 12.1 Å². The van der Waals surface area contributed by atoms with Crippen LogP contribution in [0.25, 0.3) is 5.69 Å². The lowest BCUT2D eigenvalue weighted by atomic mass is 10.0. The lowest BCUT2D eigenvalue weighted by molar-refractivity contribution is -0.131. The summed E-state index contributed by atoms with van der Waals surface area (Å²) in [6.07, 6.45) is 3.82. The standard InChI is InChI=1S/C34H35F2N5O5S/c1-3-47(43,44)31-14-6-24(7-15-31)32(16-17-37)39-33(42)25-4-8-26(9-5-25)40-21-30(18-28(40)22-45-34(35)36)46-29-12-10-27(11-13-29)41-20-23(2)19-38-41/h4-15,19-20,28,30,32,34H,3,16,18,21-22H2,1-2H3,(H,39,42)/t28?,30-,32-/m0/s1. The highest BCUT2D eigenvalue weighted by molar-refractivity contribution is 7.91. The summed E-state index contributed by atoms with van der Waals surface area (Å²) in [4.78, 5) is 15.3. The number of nitrogens with one attached hydrogen (secondary N) is 1. The molecule has 1 aromatic heterocycles. The fraction of sp³-hybridized carbons (Fsp3) is 0.324. The third-order valence-electron chi connectivity index (χ3n) is 7.99.